The summed E-state index contributed by atoms with van der Waals surface area (Å²) >= 11 is 0. The van der Waals surface area contributed by atoms with Crippen LogP contribution in [0.2, 0.25) is 0 Å². The molecule has 0 aliphatic carbocycles. The van der Waals surface area contributed by atoms with Gasteiger partial charge in [-0.25, -0.2) is 8.42 Å². The summed E-state index contributed by atoms with van der Waals surface area (Å²) in [6.45, 7) is 5.64. The Morgan fingerprint density at radius 3 is 2.40 bits per heavy atom. The van der Waals surface area contributed by atoms with Crippen molar-refractivity contribution in [3.05, 3.63) is 52.4 Å². The summed E-state index contributed by atoms with van der Waals surface area (Å²) in [6.07, 6.45) is 3.01. The summed E-state index contributed by atoms with van der Waals surface area (Å²) in [6, 6.07) is 10.0. The summed E-state index contributed by atoms with van der Waals surface area (Å²) < 4.78 is 35.1. The number of likely N-dealkylation sites (tertiary alicyclic amines) is 2. The number of methoxy groups -OCH3 is 1. The number of aromatic nitrogens is 1. The van der Waals surface area contributed by atoms with Gasteiger partial charge in [0.25, 0.3) is 15.6 Å². The van der Waals surface area contributed by atoms with E-state index in [1.807, 2.05) is 11.0 Å². The first-order valence-electron chi connectivity index (χ1n) is 12.2. The molecule has 9 nitrogen and oxygen atoms in total. The Labute approximate surface area is 205 Å². The van der Waals surface area contributed by atoms with E-state index in [2.05, 4.69) is 9.62 Å². The van der Waals surface area contributed by atoms with Gasteiger partial charge in [0.15, 0.2) is 0 Å². The number of carbonyl (C=O) groups excluding carboxylic acids is 1. The van der Waals surface area contributed by atoms with E-state index < -0.39 is 10.0 Å². The van der Waals surface area contributed by atoms with Crippen LogP contribution in [0.3, 0.4) is 0 Å². The molecule has 10 heteroatoms. The van der Waals surface area contributed by atoms with Crippen LogP contribution in [0.1, 0.15) is 37.8 Å². The Kier molecular flexibility index (Phi) is 6.35. The molecule has 2 bridgehead atoms. The lowest BCUT2D eigenvalue weighted by molar-refractivity contribution is -0.130. The molecule has 1 aromatic heterocycles. The molecule has 4 heterocycles. The number of ether oxygens (including phenoxy) is 1. The fraction of sp³-hybridized carbons (Fsp3) is 0.520. The molecule has 35 heavy (non-hydrogen) atoms. The molecule has 2 fully saturated rings. The first-order chi connectivity index (χ1) is 16.7. The SMILES string of the molecule is COc1ccc(S(=O)(=O)Nc2ccc3n(c2=O)C[C@H]2C[C@@H]3CN(C3CCN(C(C)=O)CC3)C2)cc1. The van der Waals surface area contributed by atoms with E-state index in [0.717, 1.165) is 51.1 Å². The van der Waals surface area contributed by atoms with E-state index in [9.17, 15) is 18.0 Å². The second kappa shape index (κ2) is 9.31. The summed E-state index contributed by atoms with van der Waals surface area (Å²) in [5.74, 6) is 1.29. The molecule has 2 saturated heterocycles. The Morgan fingerprint density at radius 2 is 1.74 bits per heavy atom. The number of anilines is 1. The molecule has 0 saturated carbocycles. The monoisotopic (exact) mass is 500 g/mol. The smallest absolute Gasteiger partial charge is 0.275 e. The predicted molar refractivity (Wildman–Crippen MR) is 132 cm³/mol. The zero-order valence-electron chi connectivity index (χ0n) is 20.1. The van der Waals surface area contributed by atoms with Crippen LogP contribution in [0, 0.1) is 5.92 Å². The van der Waals surface area contributed by atoms with Crippen molar-refractivity contribution in [3.63, 3.8) is 0 Å². The number of carbonyl (C=O) groups is 1. The first kappa shape index (κ1) is 23.9. The van der Waals surface area contributed by atoms with Gasteiger partial charge in [-0.3, -0.25) is 19.2 Å². The maximum Gasteiger partial charge on any atom is 0.275 e. The standard InChI is InChI=1S/C25H32N4O5S/c1-17(30)27-11-9-20(10-12-27)28-14-18-13-19(16-28)24-8-7-23(25(31)29(24)15-18)26-35(32,33)22-5-3-21(34-2)4-6-22/h3-8,18-20,26H,9-16H2,1-2H3/t18-,19+/m0/s1. The van der Waals surface area contributed by atoms with Gasteiger partial charge in [0, 0.05) is 57.3 Å². The fourth-order valence-corrected chi connectivity index (χ4v) is 6.92. The Morgan fingerprint density at radius 1 is 1.03 bits per heavy atom. The highest BCUT2D eigenvalue weighted by molar-refractivity contribution is 7.92. The summed E-state index contributed by atoms with van der Waals surface area (Å²) in [5.41, 5.74) is 0.750. The van der Waals surface area contributed by atoms with Gasteiger partial charge >= 0.3 is 0 Å². The van der Waals surface area contributed by atoms with Crippen molar-refractivity contribution in [3.8, 4) is 5.75 Å². The fourth-order valence-electron chi connectivity index (χ4n) is 5.86. The second-order valence-corrected chi connectivity index (χ2v) is 11.5. The van der Waals surface area contributed by atoms with Crippen molar-refractivity contribution in [2.75, 3.05) is 38.0 Å². The lowest BCUT2D eigenvalue weighted by Crippen LogP contribution is -2.53. The van der Waals surface area contributed by atoms with Crippen LogP contribution in [-0.4, -0.2) is 68.0 Å². The van der Waals surface area contributed by atoms with Crippen molar-refractivity contribution in [1.29, 1.82) is 0 Å². The molecule has 188 valence electrons. The van der Waals surface area contributed by atoms with Crippen LogP contribution in [0.5, 0.6) is 5.75 Å². The van der Waals surface area contributed by atoms with Gasteiger partial charge in [-0.2, -0.15) is 0 Å². The number of pyridine rings is 1. The number of nitrogens with one attached hydrogen (secondary N) is 1. The number of piperidine rings is 2. The number of hydrogen-bond donors (Lipinski definition) is 1. The third-order valence-corrected chi connectivity index (χ3v) is 9.05. The lowest BCUT2D eigenvalue weighted by atomic mass is 9.82. The molecule has 0 radical (unpaired) electrons. The number of nitrogens with zero attached hydrogens (tertiary/aromatic N) is 3. The molecule has 3 aliphatic heterocycles. The van der Waals surface area contributed by atoms with E-state index in [1.54, 1.807) is 29.7 Å². The first-order valence-corrected chi connectivity index (χ1v) is 13.6. The number of hydrogen-bond acceptors (Lipinski definition) is 6. The van der Waals surface area contributed by atoms with Gasteiger partial charge in [-0.1, -0.05) is 0 Å². The number of sulfonamides is 1. The van der Waals surface area contributed by atoms with Crippen LogP contribution >= 0.6 is 0 Å². The van der Waals surface area contributed by atoms with Gasteiger partial charge < -0.3 is 14.2 Å². The zero-order chi connectivity index (χ0) is 24.7. The average Bonchev–Trinajstić information content (AvgIpc) is 2.86. The Bertz CT molecular complexity index is 1270. The van der Waals surface area contributed by atoms with Gasteiger partial charge in [0.1, 0.15) is 11.4 Å². The molecule has 1 amide bonds. The van der Waals surface area contributed by atoms with Crippen LogP contribution in [0.25, 0.3) is 0 Å². The summed E-state index contributed by atoms with van der Waals surface area (Å²) in [4.78, 5) is 29.5. The maximum atomic E-state index is 13.3. The van der Waals surface area contributed by atoms with Crippen LogP contribution < -0.4 is 15.0 Å². The molecule has 2 aromatic rings. The van der Waals surface area contributed by atoms with Crippen molar-refractivity contribution >= 4 is 21.6 Å². The maximum absolute atomic E-state index is 13.3. The number of amides is 1. The highest BCUT2D eigenvalue weighted by Gasteiger charge is 2.38. The number of fused-ring (bicyclic) bond motifs is 4. The summed E-state index contributed by atoms with van der Waals surface area (Å²) in [7, 11) is -2.38. The molecular weight excluding hydrogens is 468 g/mol. The van der Waals surface area contributed by atoms with E-state index in [1.165, 1.54) is 19.2 Å². The number of rotatable bonds is 5. The zero-order valence-corrected chi connectivity index (χ0v) is 21.0. The van der Waals surface area contributed by atoms with Gasteiger partial charge in [0.2, 0.25) is 5.91 Å². The molecule has 2 atom stereocenters. The highest BCUT2D eigenvalue weighted by atomic mass is 32.2. The van der Waals surface area contributed by atoms with E-state index in [4.69, 9.17) is 4.74 Å². The highest BCUT2D eigenvalue weighted by Crippen LogP contribution is 2.37. The third kappa shape index (κ3) is 4.69. The average molecular weight is 501 g/mol. The van der Waals surface area contributed by atoms with E-state index >= 15 is 0 Å². The lowest BCUT2D eigenvalue weighted by Gasteiger charge is -2.47. The second-order valence-electron chi connectivity index (χ2n) is 9.86. The molecule has 0 spiro atoms. The minimum atomic E-state index is -3.90. The quantitative estimate of drug-likeness (QED) is 0.675. The third-order valence-electron chi connectivity index (χ3n) is 7.67. The van der Waals surface area contributed by atoms with E-state index in [0.29, 0.717) is 24.3 Å². The van der Waals surface area contributed by atoms with Crippen molar-refractivity contribution in [1.82, 2.24) is 14.4 Å². The van der Waals surface area contributed by atoms with Crippen molar-refractivity contribution < 1.29 is 17.9 Å². The molecule has 0 unspecified atom stereocenters. The largest absolute Gasteiger partial charge is 0.497 e. The van der Waals surface area contributed by atoms with Crippen LogP contribution in [-0.2, 0) is 21.4 Å². The van der Waals surface area contributed by atoms with Crippen molar-refractivity contribution in [2.24, 2.45) is 5.92 Å². The number of benzene rings is 1. The van der Waals surface area contributed by atoms with Gasteiger partial charge in [-0.15, -0.1) is 0 Å². The predicted octanol–water partition coefficient (Wildman–Crippen LogP) is 2.09. The molecular formula is C25H32N4O5S. The normalized spacial score (nSPS) is 23.0. The van der Waals surface area contributed by atoms with E-state index in [-0.39, 0.29) is 28.0 Å². The minimum Gasteiger partial charge on any atom is -0.497 e. The summed E-state index contributed by atoms with van der Waals surface area (Å²) in [5, 5.41) is 0. The molecule has 3 aliphatic rings. The molecule has 5 rings (SSSR count). The van der Waals surface area contributed by atoms with Gasteiger partial charge in [-0.05, 0) is 61.6 Å². The molecule has 1 N–H and O–H groups in total. The Balaban J connectivity index is 1.33. The van der Waals surface area contributed by atoms with Crippen LogP contribution in [0.15, 0.2) is 46.1 Å². The minimum absolute atomic E-state index is 0.0676. The van der Waals surface area contributed by atoms with Crippen LogP contribution in [0.4, 0.5) is 5.69 Å². The van der Waals surface area contributed by atoms with Crippen molar-refractivity contribution in [2.45, 2.75) is 49.6 Å². The topological polar surface area (TPSA) is 101 Å². The van der Waals surface area contributed by atoms with Gasteiger partial charge in [0.05, 0.1) is 12.0 Å². The Hall–Kier alpha value is -2.85. The molecule has 1 aromatic carbocycles.